The predicted molar refractivity (Wildman–Crippen MR) is 97.4 cm³/mol. The second kappa shape index (κ2) is 7.27. The second-order valence-corrected chi connectivity index (χ2v) is 7.52. The lowest BCUT2D eigenvalue weighted by molar-refractivity contribution is -0.139. The van der Waals surface area contributed by atoms with Crippen molar-refractivity contribution in [2.45, 2.75) is 40.3 Å². The van der Waals surface area contributed by atoms with Gasteiger partial charge in [0.05, 0.1) is 6.54 Å². The lowest BCUT2D eigenvalue weighted by Crippen LogP contribution is -2.41. The first-order chi connectivity index (χ1) is 12.4. The van der Waals surface area contributed by atoms with Gasteiger partial charge >= 0.3 is 0 Å². The van der Waals surface area contributed by atoms with Crippen LogP contribution in [0.25, 0.3) is 0 Å². The maximum Gasteiger partial charge on any atom is 0.251 e. The molecule has 26 heavy (non-hydrogen) atoms. The van der Waals surface area contributed by atoms with Crippen LogP contribution in [-0.2, 0) is 24.3 Å². The van der Waals surface area contributed by atoms with Crippen LogP contribution in [0.3, 0.4) is 0 Å². The highest BCUT2D eigenvalue weighted by Crippen LogP contribution is 2.19. The molecule has 1 aromatic carbocycles. The van der Waals surface area contributed by atoms with Gasteiger partial charge in [-0.15, -0.1) is 10.2 Å². The fraction of sp³-hybridized carbons (Fsp3) is 0.474. The topological polar surface area (TPSA) is 80.1 Å². The number of fused-ring (bicyclic) bond motifs is 1. The lowest BCUT2D eigenvalue weighted by Gasteiger charge is -2.28. The SMILES string of the molecule is CC(C)(C)C(=O)N1CCc2nnc(CNC(=O)c3ccccc3)n2CC1. The number of carbonyl (C=O) groups is 2. The number of nitrogens with zero attached hydrogens (tertiary/aromatic N) is 4. The molecule has 0 saturated carbocycles. The van der Waals surface area contributed by atoms with Crippen LogP contribution in [0.1, 0.15) is 42.8 Å². The predicted octanol–water partition coefficient (Wildman–Crippen LogP) is 1.64. The van der Waals surface area contributed by atoms with Crippen LogP contribution in [0.2, 0.25) is 0 Å². The molecule has 7 heteroatoms. The number of nitrogens with one attached hydrogen (secondary N) is 1. The van der Waals surface area contributed by atoms with Gasteiger partial charge in [-0.1, -0.05) is 39.0 Å². The molecular formula is C19H25N5O2. The summed E-state index contributed by atoms with van der Waals surface area (Å²) in [4.78, 5) is 26.6. The quantitative estimate of drug-likeness (QED) is 0.908. The molecule has 3 rings (SSSR count). The summed E-state index contributed by atoms with van der Waals surface area (Å²) in [5, 5.41) is 11.4. The molecule has 0 atom stereocenters. The minimum Gasteiger partial charge on any atom is -0.345 e. The largest absolute Gasteiger partial charge is 0.345 e. The third kappa shape index (κ3) is 3.92. The Labute approximate surface area is 153 Å². The highest BCUT2D eigenvalue weighted by Gasteiger charge is 2.29. The normalized spacial score (nSPS) is 14.5. The van der Waals surface area contributed by atoms with Gasteiger partial charge in [0.2, 0.25) is 5.91 Å². The van der Waals surface area contributed by atoms with E-state index in [1.54, 1.807) is 12.1 Å². The van der Waals surface area contributed by atoms with Crippen LogP contribution in [0.4, 0.5) is 0 Å². The summed E-state index contributed by atoms with van der Waals surface area (Å²) in [5.74, 6) is 1.59. The molecule has 0 spiro atoms. The van der Waals surface area contributed by atoms with Crippen LogP contribution in [0, 0.1) is 5.41 Å². The molecule has 1 aliphatic heterocycles. The molecular weight excluding hydrogens is 330 g/mol. The van der Waals surface area contributed by atoms with E-state index in [9.17, 15) is 9.59 Å². The zero-order valence-electron chi connectivity index (χ0n) is 15.5. The van der Waals surface area contributed by atoms with Crippen molar-refractivity contribution in [1.82, 2.24) is 25.0 Å². The van der Waals surface area contributed by atoms with Crippen molar-refractivity contribution in [3.63, 3.8) is 0 Å². The van der Waals surface area contributed by atoms with E-state index in [4.69, 9.17) is 0 Å². The number of hydrogen-bond donors (Lipinski definition) is 1. The molecule has 2 aromatic rings. The van der Waals surface area contributed by atoms with Gasteiger partial charge in [0.15, 0.2) is 5.82 Å². The van der Waals surface area contributed by atoms with Gasteiger partial charge in [-0.2, -0.15) is 0 Å². The van der Waals surface area contributed by atoms with Crippen LogP contribution >= 0.6 is 0 Å². The molecule has 2 amide bonds. The van der Waals surface area contributed by atoms with Crippen LogP contribution in [-0.4, -0.2) is 44.6 Å². The van der Waals surface area contributed by atoms with E-state index in [-0.39, 0.29) is 11.8 Å². The first-order valence-corrected chi connectivity index (χ1v) is 8.90. The second-order valence-electron chi connectivity index (χ2n) is 7.52. The zero-order chi connectivity index (χ0) is 18.7. The fourth-order valence-corrected chi connectivity index (χ4v) is 3.04. The van der Waals surface area contributed by atoms with Crippen molar-refractivity contribution >= 4 is 11.8 Å². The molecule has 0 unspecified atom stereocenters. The Balaban J connectivity index is 1.65. The third-order valence-electron chi connectivity index (χ3n) is 4.47. The van der Waals surface area contributed by atoms with Crippen molar-refractivity contribution in [1.29, 1.82) is 0 Å². The Morgan fingerprint density at radius 1 is 1.08 bits per heavy atom. The molecule has 1 N–H and O–H groups in total. The van der Waals surface area contributed by atoms with Crippen molar-refractivity contribution in [3.8, 4) is 0 Å². The Kier molecular flexibility index (Phi) is 5.06. The lowest BCUT2D eigenvalue weighted by atomic mass is 9.94. The van der Waals surface area contributed by atoms with Gasteiger partial charge in [-0.3, -0.25) is 9.59 Å². The standard InChI is InChI=1S/C19H25N5O2/c1-19(2,3)18(26)23-10-9-15-21-22-16(24(15)12-11-23)13-20-17(25)14-7-5-4-6-8-14/h4-8H,9-13H2,1-3H3,(H,20,25). The number of carbonyl (C=O) groups excluding carboxylic acids is 2. The average Bonchev–Trinajstić information content (AvgIpc) is 2.88. The Morgan fingerprint density at radius 3 is 2.50 bits per heavy atom. The van der Waals surface area contributed by atoms with E-state index < -0.39 is 5.41 Å². The van der Waals surface area contributed by atoms with Crippen LogP contribution in [0.5, 0.6) is 0 Å². The van der Waals surface area contributed by atoms with Gasteiger partial charge < -0.3 is 14.8 Å². The monoisotopic (exact) mass is 355 g/mol. The van der Waals surface area contributed by atoms with E-state index in [0.717, 1.165) is 5.82 Å². The van der Waals surface area contributed by atoms with Crippen LogP contribution in [0.15, 0.2) is 30.3 Å². The van der Waals surface area contributed by atoms with Gasteiger partial charge in [0, 0.05) is 37.0 Å². The van der Waals surface area contributed by atoms with Crippen molar-refractivity contribution in [2.75, 3.05) is 13.1 Å². The van der Waals surface area contributed by atoms with Gasteiger partial charge in [0.25, 0.3) is 5.91 Å². The molecule has 0 saturated heterocycles. The van der Waals surface area contributed by atoms with Crippen molar-refractivity contribution in [2.24, 2.45) is 5.41 Å². The minimum absolute atomic E-state index is 0.138. The Hall–Kier alpha value is -2.70. The number of hydrogen-bond acceptors (Lipinski definition) is 4. The van der Waals surface area contributed by atoms with Crippen molar-refractivity contribution in [3.05, 3.63) is 47.5 Å². The Bertz CT molecular complexity index is 792. The molecule has 0 fully saturated rings. The number of rotatable bonds is 3. The molecule has 0 aliphatic carbocycles. The molecule has 2 heterocycles. The van der Waals surface area contributed by atoms with Gasteiger partial charge in [-0.05, 0) is 12.1 Å². The highest BCUT2D eigenvalue weighted by atomic mass is 16.2. The number of amides is 2. The summed E-state index contributed by atoms with van der Waals surface area (Å²) in [5.41, 5.74) is 0.224. The first kappa shape index (κ1) is 18.1. The molecule has 7 nitrogen and oxygen atoms in total. The molecule has 0 radical (unpaired) electrons. The molecule has 0 bridgehead atoms. The fourth-order valence-electron chi connectivity index (χ4n) is 3.04. The van der Waals surface area contributed by atoms with E-state index in [1.807, 2.05) is 48.4 Å². The van der Waals surface area contributed by atoms with E-state index in [1.165, 1.54) is 0 Å². The summed E-state index contributed by atoms with van der Waals surface area (Å²) in [6, 6.07) is 9.09. The molecule has 1 aromatic heterocycles. The summed E-state index contributed by atoms with van der Waals surface area (Å²) in [6.07, 6.45) is 0.668. The van der Waals surface area contributed by atoms with Gasteiger partial charge in [0.1, 0.15) is 5.82 Å². The smallest absolute Gasteiger partial charge is 0.251 e. The third-order valence-corrected chi connectivity index (χ3v) is 4.47. The molecule has 138 valence electrons. The van der Waals surface area contributed by atoms with E-state index >= 15 is 0 Å². The maximum absolute atomic E-state index is 12.5. The summed E-state index contributed by atoms with van der Waals surface area (Å²) in [7, 11) is 0. The Morgan fingerprint density at radius 2 is 1.81 bits per heavy atom. The number of aromatic nitrogens is 3. The van der Waals surface area contributed by atoms with Gasteiger partial charge in [-0.25, -0.2) is 0 Å². The highest BCUT2D eigenvalue weighted by molar-refractivity contribution is 5.94. The first-order valence-electron chi connectivity index (χ1n) is 8.90. The number of benzene rings is 1. The van der Waals surface area contributed by atoms with E-state index in [0.29, 0.717) is 44.0 Å². The maximum atomic E-state index is 12.5. The average molecular weight is 355 g/mol. The summed E-state index contributed by atoms with van der Waals surface area (Å²) >= 11 is 0. The van der Waals surface area contributed by atoms with E-state index in [2.05, 4.69) is 15.5 Å². The molecule has 1 aliphatic rings. The summed E-state index contributed by atoms with van der Waals surface area (Å²) < 4.78 is 2.02. The minimum atomic E-state index is -0.392. The van der Waals surface area contributed by atoms with Crippen LogP contribution < -0.4 is 5.32 Å². The zero-order valence-corrected chi connectivity index (χ0v) is 15.5. The van der Waals surface area contributed by atoms with Crippen molar-refractivity contribution < 1.29 is 9.59 Å². The summed E-state index contributed by atoms with van der Waals surface area (Å²) in [6.45, 7) is 8.03.